The summed E-state index contributed by atoms with van der Waals surface area (Å²) in [5.41, 5.74) is 1.37. The van der Waals surface area contributed by atoms with E-state index >= 15 is 0 Å². The van der Waals surface area contributed by atoms with Gasteiger partial charge in [-0.25, -0.2) is 13.1 Å². The molecule has 0 aromatic heterocycles. The summed E-state index contributed by atoms with van der Waals surface area (Å²) in [7, 11) is -2.07. The second kappa shape index (κ2) is 9.10. The average molecular weight is 373 g/mol. The van der Waals surface area contributed by atoms with E-state index in [1.54, 1.807) is 31.4 Å². The molecule has 2 N–H and O–H groups in total. The lowest BCUT2D eigenvalue weighted by Crippen LogP contribution is -2.25. The van der Waals surface area contributed by atoms with Crippen LogP contribution in [-0.4, -0.2) is 34.6 Å². The molecular formula is C18H19N3O4S. The SMILES string of the molecule is COCCCNS(=O)(=O)c1ccc(C(=O)Nc2ccc(C#N)cc2)cc1. The Hall–Kier alpha value is -2.73. The molecule has 7 nitrogen and oxygen atoms in total. The molecule has 2 rings (SSSR count). The second-order valence-corrected chi connectivity index (χ2v) is 7.18. The summed E-state index contributed by atoms with van der Waals surface area (Å²) in [6.45, 7) is 0.744. The van der Waals surface area contributed by atoms with Crippen LogP contribution in [0.3, 0.4) is 0 Å². The Bertz CT molecular complexity index is 886. The maximum Gasteiger partial charge on any atom is 0.255 e. The van der Waals surface area contributed by atoms with Crippen molar-refractivity contribution in [1.82, 2.24) is 4.72 Å². The van der Waals surface area contributed by atoms with Crippen LogP contribution < -0.4 is 10.0 Å². The number of carbonyl (C=O) groups is 1. The van der Waals surface area contributed by atoms with Gasteiger partial charge in [0.15, 0.2) is 0 Å². The van der Waals surface area contributed by atoms with E-state index < -0.39 is 10.0 Å². The normalized spacial score (nSPS) is 10.9. The van der Waals surface area contributed by atoms with E-state index in [0.29, 0.717) is 29.8 Å². The predicted molar refractivity (Wildman–Crippen MR) is 97.2 cm³/mol. The molecule has 0 aliphatic carbocycles. The number of ether oxygens (including phenoxy) is 1. The lowest BCUT2D eigenvalue weighted by molar-refractivity contribution is 0.102. The minimum absolute atomic E-state index is 0.0878. The predicted octanol–water partition coefficient (Wildman–Crippen LogP) is 2.13. The van der Waals surface area contributed by atoms with E-state index in [1.807, 2.05) is 6.07 Å². The average Bonchev–Trinajstić information content (AvgIpc) is 2.66. The third-order valence-electron chi connectivity index (χ3n) is 3.52. The van der Waals surface area contributed by atoms with Crippen LogP contribution in [0.15, 0.2) is 53.4 Å². The maximum atomic E-state index is 12.2. The Morgan fingerprint density at radius 3 is 2.35 bits per heavy atom. The summed E-state index contributed by atoms with van der Waals surface area (Å²) < 4.78 is 31.6. The summed E-state index contributed by atoms with van der Waals surface area (Å²) in [4.78, 5) is 12.3. The van der Waals surface area contributed by atoms with Crippen molar-refractivity contribution in [3.8, 4) is 6.07 Å². The number of carbonyl (C=O) groups excluding carboxylic acids is 1. The summed E-state index contributed by atoms with van der Waals surface area (Å²) in [6.07, 6.45) is 0.570. The van der Waals surface area contributed by atoms with Crippen LogP contribution in [-0.2, 0) is 14.8 Å². The molecule has 0 heterocycles. The van der Waals surface area contributed by atoms with Gasteiger partial charge in [-0.3, -0.25) is 4.79 Å². The first-order valence-electron chi connectivity index (χ1n) is 7.86. The van der Waals surface area contributed by atoms with Gasteiger partial charge >= 0.3 is 0 Å². The highest BCUT2D eigenvalue weighted by Gasteiger charge is 2.14. The molecule has 0 aliphatic rings. The van der Waals surface area contributed by atoms with Gasteiger partial charge in [-0.15, -0.1) is 0 Å². The highest BCUT2D eigenvalue weighted by molar-refractivity contribution is 7.89. The maximum absolute atomic E-state index is 12.2. The van der Waals surface area contributed by atoms with Crippen LogP contribution in [0, 0.1) is 11.3 Å². The minimum Gasteiger partial charge on any atom is -0.385 e. The molecule has 0 fully saturated rings. The fourth-order valence-corrected chi connectivity index (χ4v) is 3.20. The second-order valence-electron chi connectivity index (χ2n) is 5.41. The number of methoxy groups -OCH3 is 1. The lowest BCUT2D eigenvalue weighted by Gasteiger charge is -2.08. The van der Waals surface area contributed by atoms with E-state index in [-0.39, 0.29) is 17.3 Å². The van der Waals surface area contributed by atoms with Crippen molar-refractivity contribution in [3.63, 3.8) is 0 Å². The molecule has 0 saturated heterocycles. The van der Waals surface area contributed by atoms with Gasteiger partial charge in [0.1, 0.15) is 0 Å². The Morgan fingerprint density at radius 2 is 1.77 bits per heavy atom. The first-order valence-corrected chi connectivity index (χ1v) is 9.35. The van der Waals surface area contributed by atoms with Gasteiger partial charge < -0.3 is 10.1 Å². The van der Waals surface area contributed by atoms with Gasteiger partial charge in [-0.05, 0) is 55.0 Å². The topological polar surface area (TPSA) is 108 Å². The molecule has 0 unspecified atom stereocenters. The molecule has 1 amide bonds. The van der Waals surface area contributed by atoms with Crippen molar-refractivity contribution in [2.45, 2.75) is 11.3 Å². The van der Waals surface area contributed by atoms with Crippen LogP contribution in [0.25, 0.3) is 0 Å². The van der Waals surface area contributed by atoms with Crippen LogP contribution in [0.4, 0.5) is 5.69 Å². The minimum atomic E-state index is -3.62. The van der Waals surface area contributed by atoms with Crippen LogP contribution in [0.2, 0.25) is 0 Å². The van der Waals surface area contributed by atoms with Gasteiger partial charge in [0, 0.05) is 31.5 Å². The monoisotopic (exact) mass is 373 g/mol. The number of nitriles is 1. The Kier molecular flexibility index (Phi) is 6.86. The first kappa shape index (κ1) is 19.6. The zero-order chi connectivity index (χ0) is 19.0. The zero-order valence-electron chi connectivity index (χ0n) is 14.2. The van der Waals surface area contributed by atoms with Crippen molar-refractivity contribution in [3.05, 3.63) is 59.7 Å². The molecule has 8 heteroatoms. The molecule has 2 aromatic rings. The largest absolute Gasteiger partial charge is 0.385 e. The van der Waals surface area contributed by atoms with Crippen molar-refractivity contribution < 1.29 is 17.9 Å². The summed E-state index contributed by atoms with van der Waals surface area (Å²) >= 11 is 0. The summed E-state index contributed by atoms with van der Waals surface area (Å²) in [5, 5.41) is 11.5. The molecule has 0 spiro atoms. The highest BCUT2D eigenvalue weighted by Crippen LogP contribution is 2.14. The van der Waals surface area contributed by atoms with Gasteiger partial charge in [-0.1, -0.05) is 0 Å². The van der Waals surface area contributed by atoms with Gasteiger partial charge in [0.05, 0.1) is 16.5 Å². The van der Waals surface area contributed by atoms with Crippen LogP contribution in [0.5, 0.6) is 0 Å². The van der Waals surface area contributed by atoms with Crippen LogP contribution in [0.1, 0.15) is 22.3 Å². The standard InChI is InChI=1S/C18H19N3O4S/c1-25-12-2-11-20-26(23,24)17-9-5-15(6-10-17)18(22)21-16-7-3-14(13-19)4-8-16/h3-10,20H,2,11-12H2,1H3,(H,21,22). The summed E-state index contributed by atoms with van der Waals surface area (Å²) in [5.74, 6) is -0.369. The van der Waals surface area contributed by atoms with Gasteiger partial charge in [0.25, 0.3) is 5.91 Å². The van der Waals surface area contributed by atoms with Gasteiger partial charge in [-0.2, -0.15) is 5.26 Å². The van der Waals surface area contributed by atoms with E-state index in [2.05, 4.69) is 10.0 Å². The smallest absolute Gasteiger partial charge is 0.255 e. The molecule has 0 saturated carbocycles. The Balaban J connectivity index is 2.01. The number of rotatable bonds is 8. The zero-order valence-corrected chi connectivity index (χ0v) is 15.0. The quantitative estimate of drug-likeness (QED) is 0.689. The molecular weight excluding hydrogens is 354 g/mol. The molecule has 136 valence electrons. The number of hydrogen-bond donors (Lipinski definition) is 2. The molecule has 0 aliphatic heterocycles. The molecule has 26 heavy (non-hydrogen) atoms. The highest BCUT2D eigenvalue weighted by atomic mass is 32.2. The van der Waals surface area contributed by atoms with E-state index in [9.17, 15) is 13.2 Å². The summed E-state index contributed by atoms with van der Waals surface area (Å²) in [6, 6.07) is 14.1. The third-order valence-corrected chi connectivity index (χ3v) is 4.99. The van der Waals surface area contributed by atoms with Crippen molar-refractivity contribution in [2.75, 3.05) is 25.6 Å². The number of benzene rings is 2. The van der Waals surface area contributed by atoms with E-state index in [4.69, 9.17) is 10.00 Å². The fraction of sp³-hybridized carbons (Fsp3) is 0.222. The Labute approximate surface area is 152 Å². The van der Waals surface area contributed by atoms with Crippen molar-refractivity contribution in [2.24, 2.45) is 0 Å². The molecule has 2 aromatic carbocycles. The van der Waals surface area contributed by atoms with Crippen molar-refractivity contribution >= 4 is 21.6 Å². The van der Waals surface area contributed by atoms with E-state index in [0.717, 1.165) is 0 Å². The van der Waals surface area contributed by atoms with Gasteiger partial charge in [0.2, 0.25) is 10.0 Å². The van der Waals surface area contributed by atoms with Crippen LogP contribution >= 0.6 is 0 Å². The molecule has 0 radical (unpaired) electrons. The number of sulfonamides is 1. The number of nitrogens with zero attached hydrogens (tertiary/aromatic N) is 1. The van der Waals surface area contributed by atoms with Crippen molar-refractivity contribution in [1.29, 1.82) is 5.26 Å². The Morgan fingerprint density at radius 1 is 1.12 bits per heavy atom. The first-order chi connectivity index (χ1) is 12.5. The third kappa shape index (κ3) is 5.39. The van der Waals surface area contributed by atoms with E-state index in [1.165, 1.54) is 24.3 Å². The fourth-order valence-electron chi connectivity index (χ4n) is 2.12. The number of hydrogen-bond acceptors (Lipinski definition) is 5. The molecule has 0 atom stereocenters. The number of nitrogens with one attached hydrogen (secondary N) is 2. The molecule has 0 bridgehead atoms. The number of amides is 1. The number of anilines is 1. The lowest BCUT2D eigenvalue weighted by atomic mass is 10.2.